The Morgan fingerprint density at radius 3 is 2.79 bits per heavy atom. The lowest BCUT2D eigenvalue weighted by atomic mass is 10.2. The van der Waals surface area contributed by atoms with Crippen molar-refractivity contribution in [2.24, 2.45) is 0 Å². The minimum absolute atomic E-state index is 0.791. The molecule has 0 fully saturated rings. The van der Waals surface area contributed by atoms with Crippen molar-refractivity contribution in [3.8, 4) is 0 Å². The van der Waals surface area contributed by atoms with E-state index in [0.29, 0.717) is 0 Å². The molecule has 68 valence electrons. The van der Waals surface area contributed by atoms with Gasteiger partial charge in [-0.1, -0.05) is 18.2 Å². The molecule has 0 unspecified atom stereocenters. The number of benzene rings is 1. The molecule has 0 atom stereocenters. The van der Waals surface area contributed by atoms with Crippen molar-refractivity contribution in [2.45, 2.75) is 0 Å². The second kappa shape index (κ2) is 2.51. The summed E-state index contributed by atoms with van der Waals surface area (Å²) in [5.41, 5.74) is 8.93. The predicted molar refractivity (Wildman–Crippen MR) is 59.3 cm³/mol. The van der Waals surface area contributed by atoms with E-state index in [1.54, 1.807) is 0 Å². The highest BCUT2D eigenvalue weighted by molar-refractivity contribution is 5.87. The molecular weight excluding hydrogens is 172 g/mol. The number of aromatic nitrogens is 1. The Morgan fingerprint density at radius 2 is 1.86 bits per heavy atom. The van der Waals surface area contributed by atoms with Crippen LogP contribution in [0.5, 0.6) is 0 Å². The molecule has 0 spiro atoms. The van der Waals surface area contributed by atoms with E-state index in [1.807, 2.05) is 30.5 Å². The van der Waals surface area contributed by atoms with Gasteiger partial charge >= 0.3 is 0 Å². The fraction of sp³-hybridized carbons (Fsp3) is 0. The maximum absolute atomic E-state index is 5.75. The molecule has 2 N–H and O–H groups in total. The lowest BCUT2D eigenvalue weighted by molar-refractivity contribution is 1.26. The summed E-state index contributed by atoms with van der Waals surface area (Å²) in [6.07, 6.45) is 1.96. The van der Waals surface area contributed by atoms with E-state index >= 15 is 0 Å². The molecule has 3 aromatic rings. The first-order valence-corrected chi connectivity index (χ1v) is 4.60. The van der Waals surface area contributed by atoms with Crippen LogP contribution in [0.3, 0.4) is 0 Å². The summed E-state index contributed by atoms with van der Waals surface area (Å²) < 4.78 is 2.12. The van der Waals surface area contributed by atoms with E-state index in [2.05, 4.69) is 22.6 Å². The van der Waals surface area contributed by atoms with Crippen molar-refractivity contribution in [2.75, 3.05) is 5.73 Å². The quantitative estimate of drug-likeness (QED) is 0.569. The molecule has 2 heteroatoms. The van der Waals surface area contributed by atoms with Gasteiger partial charge in [-0.2, -0.15) is 0 Å². The van der Waals surface area contributed by atoms with Crippen molar-refractivity contribution in [1.29, 1.82) is 0 Å². The molecule has 14 heavy (non-hydrogen) atoms. The number of para-hydroxylation sites is 1. The summed E-state index contributed by atoms with van der Waals surface area (Å²) in [6, 6.07) is 14.4. The average Bonchev–Trinajstić information content (AvgIpc) is 2.56. The smallest absolute Gasteiger partial charge is 0.0529 e. The van der Waals surface area contributed by atoms with Crippen LogP contribution in [0.4, 0.5) is 5.69 Å². The second-order valence-corrected chi connectivity index (χ2v) is 3.46. The van der Waals surface area contributed by atoms with Crippen LogP contribution < -0.4 is 5.73 Å². The van der Waals surface area contributed by atoms with E-state index in [9.17, 15) is 0 Å². The maximum Gasteiger partial charge on any atom is 0.0529 e. The van der Waals surface area contributed by atoms with Gasteiger partial charge < -0.3 is 10.1 Å². The van der Waals surface area contributed by atoms with Crippen LogP contribution in [0.15, 0.2) is 48.7 Å². The van der Waals surface area contributed by atoms with Gasteiger partial charge in [-0.25, -0.2) is 0 Å². The number of pyridine rings is 1. The van der Waals surface area contributed by atoms with Gasteiger partial charge in [0.05, 0.1) is 5.52 Å². The fourth-order valence-electron chi connectivity index (χ4n) is 1.84. The standard InChI is InChI=1S/C12H10N2/c13-10-5-6-11-7-9-3-1-2-4-12(9)14(11)8-10/h1-8H,13H2. The van der Waals surface area contributed by atoms with Crippen molar-refractivity contribution in [3.63, 3.8) is 0 Å². The van der Waals surface area contributed by atoms with Gasteiger partial charge in [0.1, 0.15) is 0 Å². The van der Waals surface area contributed by atoms with Gasteiger partial charge in [-0.05, 0) is 24.3 Å². The minimum atomic E-state index is 0.791. The second-order valence-electron chi connectivity index (χ2n) is 3.46. The van der Waals surface area contributed by atoms with Crippen molar-refractivity contribution in [1.82, 2.24) is 4.40 Å². The lowest BCUT2D eigenvalue weighted by Crippen LogP contribution is -1.89. The first kappa shape index (κ1) is 7.44. The number of nitrogens with two attached hydrogens (primary N) is 1. The van der Waals surface area contributed by atoms with Gasteiger partial charge in [-0.3, -0.25) is 0 Å². The number of rotatable bonds is 0. The van der Waals surface area contributed by atoms with E-state index < -0.39 is 0 Å². The highest BCUT2D eigenvalue weighted by atomic mass is 14.9. The third-order valence-corrected chi connectivity index (χ3v) is 2.50. The Kier molecular flexibility index (Phi) is 1.34. The normalized spacial score (nSPS) is 11.1. The molecule has 2 nitrogen and oxygen atoms in total. The van der Waals surface area contributed by atoms with Crippen LogP contribution in [0.1, 0.15) is 0 Å². The number of nitrogens with zero attached hydrogens (tertiary/aromatic N) is 1. The van der Waals surface area contributed by atoms with Crippen LogP contribution in [-0.2, 0) is 0 Å². The van der Waals surface area contributed by atoms with E-state index in [0.717, 1.165) is 5.69 Å². The molecule has 0 aliphatic rings. The van der Waals surface area contributed by atoms with Crippen molar-refractivity contribution < 1.29 is 0 Å². The number of nitrogen functional groups attached to an aromatic ring is 1. The predicted octanol–water partition coefficient (Wildman–Crippen LogP) is 2.67. The number of hydrogen-bond donors (Lipinski definition) is 1. The summed E-state index contributed by atoms with van der Waals surface area (Å²) in [4.78, 5) is 0. The first-order chi connectivity index (χ1) is 6.84. The van der Waals surface area contributed by atoms with Gasteiger partial charge in [0, 0.05) is 22.8 Å². The van der Waals surface area contributed by atoms with Crippen LogP contribution in [-0.4, -0.2) is 4.40 Å². The molecule has 2 aromatic heterocycles. The van der Waals surface area contributed by atoms with Gasteiger partial charge in [0.25, 0.3) is 0 Å². The fourth-order valence-corrected chi connectivity index (χ4v) is 1.84. The van der Waals surface area contributed by atoms with E-state index in [4.69, 9.17) is 5.73 Å². The molecule has 0 amide bonds. The molecule has 0 radical (unpaired) electrons. The molecule has 2 heterocycles. The summed E-state index contributed by atoms with van der Waals surface area (Å²) in [5.74, 6) is 0. The maximum atomic E-state index is 5.75. The average molecular weight is 182 g/mol. The third-order valence-electron chi connectivity index (χ3n) is 2.50. The largest absolute Gasteiger partial charge is 0.398 e. The zero-order chi connectivity index (χ0) is 9.54. The Morgan fingerprint density at radius 1 is 1.00 bits per heavy atom. The van der Waals surface area contributed by atoms with Crippen LogP contribution in [0.25, 0.3) is 16.4 Å². The SMILES string of the molecule is Nc1ccc2cc3ccccc3n2c1. The Bertz CT molecular complexity index is 608. The summed E-state index contributed by atoms with van der Waals surface area (Å²) in [6.45, 7) is 0. The van der Waals surface area contributed by atoms with E-state index in [1.165, 1.54) is 16.4 Å². The van der Waals surface area contributed by atoms with Crippen LogP contribution in [0.2, 0.25) is 0 Å². The van der Waals surface area contributed by atoms with Crippen molar-refractivity contribution >= 4 is 22.1 Å². The molecule has 1 aromatic carbocycles. The summed E-state index contributed by atoms with van der Waals surface area (Å²) in [7, 11) is 0. The topological polar surface area (TPSA) is 30.4 Å². The Hall–Kier alpha value is -1.96. The zero-order valence-corrected chi connectivity index (χ0v) is 7.64. The molecule has 3 rings (SSSR count). The van der Waals surface area contributed by atoms with Gasteiger partial charge in [0.2, 0.25) is 0 Å². The minimum Gasteiger partial charge on any atom is -0.398 e. The van der Waals surface area contributed by atoms with Gasteiger partial charge in [0.15, 0.2) is 0 Å². The van der Waals surface area contributed by atoms with Gasteiger partial charge in [-0.15, -0.1) is 0 Å². The third kappa shape index (κ3) is 0.909. The number of fused-ring (bicyclic) bond motifs is 3. The molecule has 0 saturated carbocycles. The first-order valence-electron chi connectivity index (χ1n) is 4.60. The molecule has 0 bridgehead atoms. The lowest BCUT2D eigenvalue weighted by Gasteiger charge is -1.98. The number of anilines is 1. The summed E-state index contributed by atoms with van der Waals surface area (Å²) >= 11 is 0. The van der Waals surface area contributed by atoms with Crippen molar-refractivity contribution in [3.05, 3.63) is 48.7 Å². The zero-order valence-electron chi connectivity index (χ0n) is 7.64. The highest BCUT2D eigenvalue weighted by Crippen LogP contribution is 2.20. The van der Waals surface area contributed by atoms with Crippen LogP contribution in [0, 0.1) is 0 Å². The Labute approximate surface area is 81.6 Å². The summed E-state index contributed by atoms with van der Waals surface area (Å²) in [5, 5.41) is 1.25. The van der Waals surface area contributed by atoms with Crippen LogP contribution >= 0.6 is 0 Å². The highest BCUT2D eigenvalue weighted by Gasteiger charge is 2.00. The molecular formula is C12H10N2. The molecule has 0 saturated heterocycles. The Balaban J connectivity index is 2.58. The number of hydrogen-bond acceptors (Lipinski definition) is 1. The molecule has 0 aliphatic heterocycles. The monoisotopic (exact) mass is 182 g/mol. The molecule has 0 aliphatic carbocycles. The van der Waals surface area contributed by atoms with E-state index in [-0.39, 0.29) is 0 Å².